The first kappa shape index (κ1) is 18.8. The van der Waals surface area contributed by atoms with E-state index in [9.17, 15) is 4.79 Å². The Kier molecular flexibility index (Phi) is 5.77. The van der Waals surface area contributed by atoms with Crippen LogP contribution in [0.3, 0.4) is 0 Å². The van der Waals surface area contributed by atoms with E-state index in [1.165, 1.54) is 22.2 Å². The fourth-order valence-electron chi connectivity index (χ4n) is 4.25. The highest BCUT2D eigenvalue weighted by atomic mass is 16.1. The summed E-state index contributed by atoms with van der Waals surface area (Å²) in [5.74, 6) is 0.395. The van der Waals surface area contributed by atoms with E-state index in [0.29, 0.717) is 0 Å². The third-order valence-corrected chi connectivity index (χ3v) is 5.77. The van der Waals surface area contributed by atoms with E-state index in [-0.39, 0.29) is 11.8 Å². The number of piperidine rings is 1. The van der Waals surface area contributed by atoms with Crippen molar-refractivity contribution in [2.45, 2.75) is 32.9 Å². The maximum Gasteiger partial charge on any atom is 0.223 e. The number of carbonyl (C=O) groups is 1. The minimum absolute atomic E-state index is 0.173. The maximum absolute atomic E-state index is 12.1. The Bertz CT molecular complexity index is 923. The molecule has 0 radical (unpaired) electrons. The Balaban J connectivity index is 1.51. The summed E-state index contributed by atoms with van der Waals surface area (Å²) in [4.78, 5) is 14.6. The van der Waals surface area contributed by atoms with Crippen molar-refractivity contribution < 1.29 is 4.79 Å². The van der Waals surface area contributed by atoms with Crippen LogP contribution >= 0.6 is 0 Å². The van der Waals surface area contributed by atoms with Gasteiger partial charge >= 0.3 is 0 Å². The molecule has 1 saturated heterocycles. The highest BCUT2D eigenvalue weighted by molar-refractivity contribution is 5.81. The highest BCUT2D eigenvalue weighted by Crippen LogP contribution is 2.25. The van der Waals surface area contributed by atoms with E-state index in [2.05, 4.69) is 75.4 Å². The molecule has 1 aromatic heterocycles. The zero-order valence-corrected chi connectivity index (χ0v) is 16.6. The molecular formula is C24H29N3O. The molecule has 28 heavy (non-hydrogen) atoms. The summed E-state index contributed by atoms with van der Waals surface area (Å²) in [6.45, 7) is 6.49. The molecule has 0 spiro atoms. The van der Waals surface area contributed by atoms with E-state index in [1.807, 2.05) is 6.92 Å². The first-order chi connectivity index (χ1) is 13.7. The number of amides is 1. The molecular weight excluding hydrogens is 346 g/mol. The largest absolute Gasteiger partial charge is 0.356 e. The van der Waals surface area contributed by atoms with Crippen LogP contribution in [0.15, 0.2) is 60.7 Å². The van der Waals surface area contributed by atoms with Crippen LogP contribution in [0.25, 0.3) is 10.9 Å². The minimum atomic E-state index is 0.173. The molecule has 0 saturated carbocycles. The van der Waals surface area contributed by atoms with Gasteiger partial charge < -0.3 is 9.88 Å². The lowest BCUT2D eigenvalue weighted by molar-refractivity contribution is -0.126. The molecule has 0 unspecified atom stereocenters. The van der Waals surface area contributed by atoms with Gasteiger partial charge in [0.25, 0.3) is 0 Å². The summed E-state index contributed by atoms with van der Waals surface area (Å²) in [5.41, 5.74) is 3.96. The van der Waals surface area contributed by atoms with Crippen molar-refractivity contribution in [2.24, 2.45) is 5.92 Å². The molecule has 4 heteroatoms. The van der Waals surface area contributed by atoms with Gasteiger partial charge in [0.15, 0.2) is 0 Å². The van der Waals surface area contributed by atoms with Crippen LogP contribution in [0.2, 0.25) is 0 Å². The zero-order valence-electron chi connectivity index (χ0n) is 16.6. The normalized spacial score (nSPS) is 15.8. The smallest absolute Gasteiger partial charge is 0.223 e. The Morgan fingerprint density at radius 1 is 1.00 bits per heavy atom. The van der Waals surface area contributed by atoms with Gasteiger partial charge in [-0.2, -0.15) is 0 Å². The summed E-state index contributed by atoms with van der Waals surface area (Å²) < 4.78 is 2.44. The highest BCUT2D eigenvalue weighted by Gasteiger charge is 2.25. The number of hydrogen-bond donors (Lipinski definition) is 1. The summed E-state index contributed by atoms with van der Waals surface area (Å²) in [6, 6.07) is 21.6. The van der Waals surface area contributed by atoms with E-state index in [1.54, 1.807) is 0 Å². The van der Waals surface area contributed by atoms with Crippen molar-refractivity contribution in [2.75, 3.05) is 19.6 Å². The SMILES string of the molecule is CCNC(=O)C1CCN(Cc2cc3ccccc3n2Cc2ccccc2)CC1. The number of nitrogens with one attached hydrogen (secondary N) is 1. The maximum atomic E-state index is 12.1. The zero-order chi connectivity index (χ0) is 19.3. The lowest BCUT2D eigenvalue weighted by Gasteiger charge is -2.31. The first-order valence-electron chi connectivity index (χ1n) is 10.4. The Morgan fingerprint density at radius 3 is 2.46 bits per heavy atom. The number of benzene rings is 2. The number of carbonyl (C=O) groups excluding carboxylic acids is 1. The van der Waals surface area contributed by atoms with Crippen molar-refractivity contribution in [3.8, 4) is 0 Å². The van der Waals surface area contributed by atoms with Gasteiger partial charge in [-0.15, -0.1) is 0 Å². The monoisotopic (exact) mass is 375 g/mol. The minimum Gasteiger partial charge on any atom is -0.356 e. The van der Waals surface area contributed by atoms with Crippen molar-refractivity contribution in [3.63, 3.8) is 0 Å². The van der Waals surface area contributed by atoms with Crippen LogP contribution in [0.4, 0.5) is 0 Å². The average Bonchev–Trinajstić information content (AvgIpc) is 3.06. The Morgan fingerprint density at radius 2 is 1.71 bits per heavy atom. The fourth-order valence-corrected chi connectivity index (χ4v) is 4.25. The number of rotatable bonds is 6. The predicted octanol–water partition coefficient (Wildman–Crippen LogP) is 4.04. The molecule has 146 valence electrons. The van der Waals surface area contributed by atoms with Crippen molar-refractivity contribution in [1.29, 1.82) is 0 Å². The van der Waals surface area contributed by atoms with Crippen LogP contribution < -0.4 is 5.32 Å². The molecule has 4 nitrogen and oxygen atoms in total. The Labute approximate surface area is 167 Å². The summed E-state index contributed by atoms with van der Waals surface area (Å²) in [7, 11) is 0. The molecule has 1 N–H and O–H groups in total. The van der Waals surface area contributed by atoms with Crippen LogP contribution in [0.1, 0.15) is 31.0 Å². The first-order valence-corrected chi connectivity index (χ1v) is 10.4. The molecule has 3 aromatic rings. The van der Waals surface area contributed by atoms with Gasteiger partial charge in [0.1, 0.15) is 0 Å². The molecule has 1 amide bonds. The van der Waals surface area contributed by atoms with Gasteiger partial charge in [0.2, 0.25) is 5.91 Å². The van der Waals surface area contributed by atoms with E-state index < -0.39 is 0 Å². The number of para-hydroxylation sites is 1. The number of aromatic nitrogens is 1. The second kappa shape index (κ2) is 8.61. The van der Waals surface area contributed by atoms with Gasteiger partial charge in [0, 0.05) is 36.8 Å². The predicted molar refractivity (Wildman–Crippen MR) is 114 cm³/mol. The van der Waals surface area contributed by atoms with Crippen molar-refractivity contribution in [3.05, 3.63) is 71.9 Å². The van der Waals surface area contributed by atoms with Gasteiger partial charge in [-0.05, 0) is 55.9 Å². The van der Waals surface area contributed by atoms with Gasteiger partial charge in [-0.1, -0.05) is 48.5 Å². The second-order valence-electron chi connectivity index (χ2n) is 7.71. The number of likely N-dealkylation sites (tertiary alicyclic amines) is 1. The molecule has 1 fully saturated rings. The standard InChI is InChI=1S/C24H29N3O/c1-2-25-24(28)20-12-14-26(15-13-20)18-22-16-21-10-6-7-11-23(21)27(22)17-19-8-4-3-5-9-19/h3-11,16,20H,2,12-15,17-18H2,1H3,(H,25,28). The molecule has 2 heterocycles. The summed E-state index contributed by atoms with van der Waals surface area (Å²) in [6.07, 6.45) is 1.90. The third-order valence-electron chi connectivity index (χ3n) is 5.77. The van der Waals surface area contributed by atoms with Crippen molar-refractivity contribution >= 4 is 16.8 Å². The fraction of sp³-hybridized carbons (Fsp3) is 0.375. The third kappa shape index (κ3) is 4.12. The van der Waals surface area contributed by atoms with Crippen LogP contribution in [-0.2, 0) is 17.9 Å². The van der Waals surface area contributed by atoms with E-state index in [4.69, 9.17) is 0 Å². The molecule has 0 bridgehead atoms. The second-order valence-corrected chi connectivity index (χ2v) is 7.71. The Hall–Kier alpha value is -2.59. The van der Waals surface area contributed by atoms with Gasteiger partial charge in [0.05, 0.1) is 0 Å². The molecule has 0 aliphatic carbocycles. The van der Waals surface area contributed by atoms with Crippen LogP contribution in [0, 0.1) is 5.92 Å². The van der Waals surface area contributed by atoms with E-state index >= 15 is 0 Å². The topological polar surface area (TPSA) is 37.3 Å². The van der Waals surface area contributed by atoms with E-state index in [0.717, 1.165) is 45.6 Å². The number of nitrogens with zero attached hydrogens (tertiary/aromatic N) is 2. The summed E-state index contributed by atoms with van der Waals surface area (Å²) >= 11 is 0. The van der Waals surface area contributed by atoms with Gasteiger partial charge in [-0.25, -0.2) is 0 Å². The molecule has 4 rings (SSSR count). The molecule has 1 aliphatic heterocycles. The lowest BCUT2D eigenvalue weighted by Crippen LogP contribution is -2.40. The average molecular weight is 376 g/mol. The lowest BCUT2D eigenvalue weighted by atomic mass is 9.96. The number of hydrogen-bond acceptors (Lipinski definition) is 2. The van der Waals surface area contributed by atoms with Crippen LogP contribution in [-0.4, -0.2) is 35.0 Å². The van der Waals surface area contributed by atoms with Gasteiger partial charge in [-0.3, -0.25) is 9.69 Å². The summed E-state index contributed by atoms with van der Waals surface area (Å²) in [5, 5.41) is 4.27. The molecule has 0 atom stereocenters. The van der Waals surface area contributed by atoms with Crippen LogP contribution in [0.5, 0.6) is 0 Å². The quantitative estimate of drug-likeness (QED) is 0.706. The number of fused-ring (bicyclic) bond motifs is 1. The van der Waals surface area contributed by atoms with Crippen molar-refractivity contribution in [1.82, 2.24) is 14.8 Å². The molecule has 2 aromatic carbocycles. The molecule has 1 aliphatic rings.